The Labute approximate surface area is 188 Å². The first-order valence-corrected chi connectivity index (χ1v) is 10.7. The Bertz CT molecular complexity index is 1080. The zero-order chi connectivity index (χ0) is 22.9. The first kappa shape index (κ1) is 23.0. The summed E-state index contributed by atoms with van der Waals surface area (Å²) in [5, 5.41) is 7.70. The average Bonchev–Trinajstić information content (AvgIpc) is 2.82. The van der Waals surface area contributed by atoms with Crippen LogP contribution in [0.4, 0.5) is 0 Å². The molecular formula is C26H28N2O4. The van der Waals surface area contributed by atoms with Gasteiger partial charge in [-0.1, -0.05) is 72.8 Å². The molecule has 0 unspecified atom stereocenters. The van der Waals surface area contributed by atoms with Gasteiger partial charge in [0.25, 0.3) is 0 Å². The predicted octanol–water partition coefficient (Wildman–Crippen LogP) is 3.70. The molecule has 0 aromatic heterocycles. The summed E-state index contributed by atoms with van der Waals surface area (Å²) >= 11 is 0. The molecule has 0 aliphatic rings. The van der Waals surface area contributed by atoms with E-state index in [0.29, 0.717) is 6.42 Å². The van der Waals surface area contributed by atoms with Gasteiger partial charge in [-0.05, 0) is 28.8 Å². The van der Waals surface area contributed by atoms with E-state index in [9.17, 15) is 14.4 Å². The molecule has 0 aliphatic heterocycles. The number of hydrogen-bond acceptors (Lipinski definition) is 4. The first-order chi connectivity index (χ1) is 15.5. The predicted molar refractivity (Wildman–Crippen MR) is 124 cm³/mol. The molecule has 3 aromatic rings. The van der Waals surface area contributed by atoms with Crippen LogP contribution in [-0.4, -0.2) is 30.9 Å². The Hall–Kier alpha value is -3.67. The average molecular weight is 433 g/mol. The van der Waals surface area contributed by atoms with E-state index in [-0.39, 0.29) is 30.7 Å². The summed E-state index contributed by atoms with van der Waals surface area (Å²) < 4.78 is 4.89. The number of carbonyl (C=O) groups excluding carboxylic acids is 3. The highest BCUT2D eigenvalue weighted by Crippen LogP contribution is 2.20. The van der Waals surface area contributed by atoms with Crippen LogP contribution in [0.2, 0.25) is 0 Å². The Morgan fingerprint density at radius 2 is 1.44 bits per heavy atom. The van der Waals surface area contributed by atoms with Gasteiger partial charge in [0.05, 0.1) is 13.2 Å². The van der Waals surface area contributed by atoms with E-state index in [1.165, 1.54) is 7.11 Å². The molecule has 0 saturated carbocycles. The van der Waals surface area contributed by atoms with Crippen molar-refractivity contribution >= 4 is 28.6 Å². The van der Waals surface area contributed by atoms with Crippen molar-refractivity contribution in [3.05, 3.63) is 83.9 Å². The molecule has 0 radical (unpaired) electrons. The molecule has 32 heavy (non-hydrogen) atoms. The van der Waals surface area contributed by atoms with Crippen LogP contribution >= 0.6 is 0 Å². The molecule has 0 saturated heterocycles. The minimum Gasteiger partial charge on any atom is -0.467 e. The highest BCUT2D eigenvalue weighted by atomic mass is 16.5. The number of ether oxygens (including phenoxy) is 1. The lowest BCUT2D eigenvalue weighted by atomic mass is 9.98. The minimum absolute atomic E-state index is 0.0175. The molecule has 3 aromatic carbocycles. The lowest BCUT2D eigenvalue weighted by Crippen LogP contribution is -2.43. The number of nitrogens with one attached hydrogen (secondary N) is 2. The van der Waals surface area contributed by atoms with Crippen LogP contribution in [0.5, 0.6) is 0 Å². The van der Waals surface area contributed by atoms with Gasteiger partial charge >= 0.3 is 5.97 Å². The second kappa shape index (κ2) is 11.1. The largest absolute Gasteiger partial charge is 0.467 e. The smallest absolute Gasteiger partial charge is 0.328 e. The van der Waals surface area contributed by atoms with E-state index in [0.717, 1.165) is 21.9 Å². The minimum atomic E-state index is -0.829. The molecule has 0 bridgehead atoms. The van der Waals surface area contributed by atoms with Crippen molar-refractivity contribution in [2.24, 2.45) is 0 Å². The van der Waals surface area contributed by atoms with Crippen LogP contribution in [-0.2, 0) is 25.5 Å². The Balaban J connectivity index is 1.58. The summed E-state index contributed by atoms with van der Waals surface area (Å²) in [7, 11) is 1.29. The number of carbonyl (C=O) groups is 3. The number of esters is 1. The lowest BCUT2D eigenvalue weighted by molar-refractivity contribution is -0.145. The maximum absolute atomic E-state index is 12.5. The van der Waals surface area contributed by atoms with Gasteiger partial charge in [0.15, 0.2) is 0 Å². The zero-order valence-corrected chi connectivity index (χ0v) is 18.3. The van der Waals surface area contributed by atoms with Gasteiger partial charge in [0.2, 0.25) is 11.8 Å². The van der Waals surface area contributed by atoms with E-state index in [1.807, 2.05) is 79.7 Å². The molecule has 2 atom stereocenters. The number of rotatable bonds is 9. The van der Waals surface area contributed by atoms with Crippen molar-refractivity contribution in [1.82, 2.24) is 10.6 Å². The maximum atomic E-state index is 12.5. The lowest BCUT2D eigenvalue weighted by Gasteiger charge is -2.18. The fourth-order valence-electron chi connectivity index (χ4n) is 3.66. The molecule has 0 spiro atoms. The standard InChI is InChI=1S/C26H28N2O4/c1-18(19-9-4-3-5-10-19)27-24(29)15-16-25(30)28-23(26(31)32-2)17-21-13-8-12-20-11-6-7-14-22(20)21/h3-14,18,23H,15-17H2,1-2H3,(H,27,29)(H,28,30)/t18-,23+/m1/s1. The van der Waals surface area contributed by atoms with Gasteiger partial charge < -0.3 is 15.4 Å². The molecule has 0 aliphatic carbocycles. The van der Waals surface area contributed by atoms with E-state index >= 15 is 0 Å². The third-order valence-corrected chi connectivity index (χ3v) is 5.38. The highest BCUT2D eigenvalue weighted by molar-refractivity contribution is 5.89. The Morgan fingerprint density at radius 1 is 0.812 bits per heavy atom. The second-order valence-corrected chi connectivity index (χ2v) is 7.69. The summed E-state index contributed by atoms with van der Waals surface area (Å²) in [6, 6.07) is 22.4. The topological polar surface area (TPSA) is 84.5 Å². The molecule has 0 heterocycles. The van der Waals surface area contributed by atoms with Crippen LogP contribution < -0.4 is 10.6 Å². The van der Waals surface area contributed by atoms with E-state index < -0.39 is 12.0 Å². The fourth-order valence-corrected chi connectivity index (χ4v) is 3.66. The Kier molecular flexibility index (Phi) is 7.97. The maximum Gasteiger partial charge on any atom is 0.328 e. The van der Waals surface area contributed by atoms with Crippen LogP contribution in [0.15, 0.2) is 72.8 Å². The third kappa shape index (κ3) is 6.17. The molecule has 3 rings (SSSR count). The summed E-state index contributed by atoms with van der Waals surface area (Å²) in [6.07, 6.45) is 0.318. The quantitative estimate of drug-likeness (QED) is 0.505. The van der Waals surface area contributed by atoms with Crippen LogP contribution in [0.25, 0.3) is 10.8 Å². The van der Waals surface area contributed by atoms with E-state index in [2.05, 4.69) is 10.6 Å². The molecule has 2 N–H and O–H groups in total. The fraction of sp³-hybridized carbons (Fsp3) is 0.269. The van der Waals surface area contributed by atoms with Gasteiger partial charge in [0, 0.05) is 19.3 Å². The van der Waals surface area contributed by atoms with Crippen molar-refractivity contribution in [3.63, 3.8) is 0 Å². The Morgan fingerprint density at radius 3 is 2.16 bits per heavy atom. The van der Waals surface area contributed by atoms with E-state index in [1.54, 1.807) is 0 Å². The number of hydrogen-bond donors (Lipinski definition) is 2. The van der Waals surface area contributed by atoms with Gasteiger partial charge in [-0.15, -0.1) is 0 Å². The zero-order valence-electron chi connectivity index (χ0n) is 18.3. The molecular weight excluding hydrogens is 404 g/mol. The highest BCUT2D eigenvalue weighted by Gasteiger charge is 2.23. The van der Waals surface area contributed by atoms with Gasteiger partial charge in [-0.3, -0.25) is 9.59 Å². The molecule has 6 nitrogen and oxygen atoms in total. The van der Waals surface area contributed by atoms with Crippen LogP contribution in [0.1, 0.15) is 36.9 Å². The summed E-state index contributed by atoms with van der Waals surface area (Å²) in [5.74, 6) is -1.11. The van der Waals surface area contributed by atoms with E-state index in [4.69, 9.17) is 4.74 Å². The number of benzene rings is 3. The van der Waals surface area contributed by atoms with Crippen molar-refractivity contribution in [2.75, 3.05) is 7.11 Å². The van der Waals surface area contributed by atoms with Gasteiger partial charge in [-0.2, -0.15) is 0 Å². The van der Waals surface area contributed by atoms with Crippen molar-refractivity contribution in [2.45, 2.75) is 38.3 Å². The molecule has 166 valence electrons. The monoisotopic (exact) mass is 432 g/mol. The van der Waals surface area contributed by atoms with Crippen molar-refractivity contribution in [1.29, 1.82) is 0 Å². The number of methoxy groups -OCH3 is 1. The van der Waals surface area contributed by atoms with Crippen molar-refractivity contribution in [3.8, 4) is 0 Å². The SMILES string of the molecule is COC(=O)[C@H](Cc1cccc2ccccc12)NC(=O)CCC(=O)N[C@H](C)c1ccccc1. The van der Waals surface area contributed by atoms with Crippen LogP contribution in [0, 0.1) is 0 Å². The van der Waals surface area contributed by atoms with Crippen molar-refractivity contribution < 1.29 is 19.1 Å². The van der Waals surface area contributed by atoms with Gasteiger partial charge in [0.1, 0.15) is 6.04 Å². The first-order valence-electron chi connectivity index (χ1n) is 10.7. The summed E-state index contributed by atoms with van der Waals surface area (Å²) in [5.41, 5.74) is 1.93. The number of amides is 2. The normalized spacial score (nSPS) is 12.6. The van der Waals surface area contributed by atoms with Gasteiger partial charge in [-0.25, -0.2) is 4.79 Å². The second-order valence-electron chi connectivity index (χ2n) is 7.69. The summed E-state index contributed by atoms with van der Waals surface area (Å²) in [6.45, 7) is 1.89. The van der Waals surface area contributed by atoms with Crippen LogP contribution in [0.3, 0.4) is 0 Å². The molecule has 6 heteroatoms. The number of fused-ring (bicyclic) bond motifs is 1. The molecule has 0 fully saturated rings. The third-order valence-electron chi connectivity index (χ3n) is 5.38. The molecule has 2 amide bonds. The summed E-state index contributed by atoms with van der Waals surface area (Å²) in [4.78, 5) is 37.1.